The van der Waals surface area contributed by atoms with Crippen LogP contribution in [0, 0.1) is 23.3 Å². The van der Waals surface area contributed by atoms with Crippen molar-refractivity contribution in [2.24, 2.45) is 0 Å². The molecule has 0 aromatic heterocycles. The number of rotatable bonds is 4. The number of sulfone groups is 1. The van der Waals surface area contributed by atoms with Gasteiger partial charge in [-0.2, -0.15) is 0 Å². The number of anilines is 1. The third kappa shape index (κ3) is 3.56. The van der Waals surface area contributed by atoms with Gasteiger partial charge in [0.2, 0.25) is 0 Å². The van der Waals surface area contributed by atoms with Crippen molar-refractivity contribution in [1.82, 2.24) is 0 Å². The van der Waals surface area contributed by atoms with E-state index in [1.807, 2.05) is 0 Å². The fraction of sp³-hybridized carbons (Fsp3) is 0.133. The molecule has 0 spiro atoms. The van der Waals surface area contributed by atoms with E-state index < -0.39 is 43.9 Å². The Hall–Kier alpha value is -2.42. The van der Waals surface area contributed by atoms with E-state index in [2.05, 4.69) is 5.32 Å². The molecule has 2 aromatic rings. The number of nitrogens with one attached hydrogen (secondary N) is 1. The molecule has 128 valence electrons. The predicted octanol–water partition coefficient (Wildman–Crippen LogP) is 3.29. The fourth-order valence-corrected chi connectivity index (χ4v) is 2.85. The van der Waals surface area contributed by atoms with Crippen LogP contribution in [0.5, 0.6) is 0 Å². The molecule has 4 nitrogen and oxygen atoms in total. The third-order valence-corrected chi connectivity index (χ3v) is 4.89. The Morgan fingerprint density at radius 3 is 2.12 bits per heavy atom. The van der Waals surface area contributed by atoms with E-state index in [1.165, 1.54) is 6.92 Å². The van der Waals surface area contributed by atoms with Crippen LogP contribution in [0.1, 0.15) is 17.3 Å². The van der Waals surface area contributed by atoms with Crippen LogP contribution in [-0.2, 0) is 9.84 Å². The zero-order valence-corrected chi connectivity index (χ0v) is 13.1. The van der Waals surface area contributed by atoms with Gasteiger partial charge in [0.15, 0.2) is 27.3 Å². The summed E-state index contributed by atoms with van der Waals surface area (Å²) < 4.78 is 76.3. The fourth-order valence-electron chi connectivity index (χ4n) is 1.87. The number of carbonyl (C=O) groups is 1. The van der Waals surface area contributed by atoms with E-state index in [9.17, 15) is 30.8 Å². The lowest BCUT2D eigenvalue weighted by Gasteiger charge is -2.09. The van der Waals surface area contributed by atoms with E-state index in [4.69, 9.17) is 0 Å². The number of hydrogen-bond acceptors (Lipinski definition) is 3. The minimum Gasteiger partial charge on any atom is -0.322 e. The second-order valence-corrected chi connectivity index (χ2v) is 7.00. The van der Waals surface area contributed by atoms with Crippen LogP contribution in [0.2, 0.25) is 0 Å². The second kappa shape index (κ2) is 6.60. The van der Waals surface area contributed by atoms with Gasteiger partial charge in [-0.3, -0.25) is 4.79 Å². The molecule has 0 aliphatic carbocycles. The molecule has 9 heteroatoms. The summed E-state index contributed by atoms with van der Waals surface area (Å²) in [6, 6.07) is 3.74. The van der Waals surface area contributed by atoms with Crippen molar-refractivity contribution in [2.45, 2.75) is 11.8 Å². The summed E-state index contributed by atoms with van der Waals surface area (Å²) in [5.74, 6) is -7.02. The van der Waals surface area contributed by atoms with E-state index in [0.29, 0.717) is 12.1 Å². The third-order valence-electron chi connectivity index (χ3n) is 3.15. The van der Waals surface area contributed by atoms with Gasteiger partial charge in [0, 0.05) is 23.4 Å². The van der Waals surface area contributed by atoms with Crippen LogP contribution in [0.4, 0.5) is 23.2 Å². The van der Waals surface area contributed by atoms with Crippen molar-refractivity contribution in [3.8, 4) is 0 Å². The van der Waals surface area contributed by atoms with Gasteiger partial charge in [0.1, 0.15) is 10.7 Å². The molecule has 2 aromatic carbocycles. The van der Waals surface area contributed by atoms with Gasteiger partial charge < -0.3 is 5.32 Å². The van der Waals surface area contributed by atoms with E-state index in [-0.39, 0.29) is 17.0 Å². The first-order valence-corrected chi connectivity index (χ1v) is 8.29. The maximum atomic E-state index is 13.6. The van der Waals surface area contributed by atoms with Crippen LogP contribution in [0.15, 0.2) is 35.2 Å². The summed E-state index contributed by atoms with van der Waals surface area (Å²) in [5.41, 5.74) is -0.616. The molecule has 0 saturated carbocycles. The lowest BCUT2D eigenvalue weighted by molar-refractivity contribution is 0.102. The van der Waals surface area contributed by atoms with Crippen molar-refractivity contribution in [3.05, 3.63) is 59.2 Å². The molecule has 0 radical (unpaired) electrons. The van der Waals surface area contributed by atoms with Crippen LogP contribution >= 0.6 is 0 Å². The Balaban J connectivity index is 2.36. The lowest BCUT2D eigenvalue weighted by Crippen LogP contribution is -2.15. The summed E-state index contributed by atoms with van der Waals surface area (Å²) in [6.45, 7) is 1.31. The topological polar surface area (TPSA) is 63.2 Å². The van der Waals surface area contributed by atoms with E-state index in [1.54, 1.807) is 0 Å². The quantitative estimate of drug-likeness (QED) is 0.671. The number of carbonyl (C=O) groups excluding carboxylic acids is 1. The number of benzene rings is 2. The van der Waals surface area contributed by atoms with Gasteiger partial charge in [0.25, 0.3) is 5.91 Å². The summed E-state index contributed by atoms with van der Waals surface area (Å²) in [7, 11) is -3.90. The monoisotopic (exact) mass is 361 g/mol. The van der Waals surface area contributed by atoms with Crippen molar-refractivity contribution in [2.75, 3.05) is 11.1 Å². The Morgan fingerprint density at radius 2 is 1.58 bits per heavy atom. The first kappa shape index (κ1) is 17.9. The summed E-state index contributed by atoms with van der Waals surface area (Å²) >= 11 is 0. The van der Waals surface area contributed by atoms with Gasteiger partial charge in [-0.05, 0) is 18.2 Å². The molecule has 0 aliphatic heterocycles. The van der Waals surface area contributed by atoms with Gasteiger partial charge >= 0.3 is 0 Å². The Labute approximate surface area is 135 Å². The Kier molecular flexibility index (Phi) is 4.93. The summed E-state index contributed by atoms with van der Waals surface area (Å²) in [4.78, 5) is 11.4. The SMILES string of the molecule is CCS(=O)(=O)c1cc(C(=O)Nc2cc(F)c(F)c(F)c2)ccc1F. The molecule has 0 saturated heterocycles. The number of amides is 1. The van der Waals surface area contributed by atoms with Crippen LogP contribution < -0.4 is 5.32 Å². The van der Waals surface area contributed by atoms with Crippen molar-refractivity contribution >= 4 is 21.4 Å². The normalized spacial score (nSPS) is 11.4. The maximum absolute atomic E-state index is 13.6. The number of halogens is 4. The zero-order chi connectivity index (χ0) is 18.1. The highest BCUT2D eigenvalue weighted by molar-refractivity contribution is 7.91. The summed E-state index contributed by atoms with van der Waals surface area (Å²) in [5, 5.41) is 2.08. The van der Waals surface area contributed by atoms with E-state index >= 15 is 0 Å². The molecule has 0 unspecified atom stereocenters. The lowest BCUT2D eigenvalue weighted by atomic mass is 10.2. The largest absolute Gasteiger partial charge is 0.322 e. The van der Waals surface area contributed by atoms with Gasteiger partial charge in [0.05, 0.1) is 5.75 Å². The van der Waals surface area contributed by atoms with Crippen molar-refractivity contribution < 1.29 is 30.8 Å². The van der Waals surface area contributed by atoms with E-state index in [0.717, 1.165) is 18.2 Å². The second-order valence-electron chi connectivity index (χ2n) is 4.76. The minimum atomic E-state index is -3.90. The molecule has 2 rings (SSSR count). The van der Waals surface area contributed by atoms with Crippen molar-refractivity contribution in [1.29, 1.82) is 0 Å². The maximum Gasteiger partial charge on any atom is 0.255 e. The highest BCUT2D eigenvalue weighted by Crippen LogP contribution is 2.21. The molecule has 0 bridgehead atoms. The smallest absolute Gasteiger partial charge is 0.255 e. The predicted molar refractivity (Wildman–Crippen MR) is 78.4 cm³/mol. The average molecular weight is 361 g/mol. The van der Waals surface area contributed by atoms with Crippen molar-refractivity contribution in [3.63, 3.8) is 0 Å². The molecule has 0 aliphatic rings. The highest BCUT2D eigenvalue weighted by Gasteiger charge is 2.20. The van der Waals surface area contributed by atoms with Gasteiger partial charge in [-0.25, -0.2) is 26.0 Å². The highest BCUT2D eigenvalue weighted by atomic mass is 32.2. The molecule has 1 amide bonds. The molecular weight excluding hydrogens is 350 g/mol. The number of hydrogen-bond donors (Lipinski definition) is 1. The van der Waals surface area contributed by atoms with Gasteiger partial charge in [-0.1, -0.05) is 6.92 Å². The Bertz CT molecular complexity index is 890. The molecule has 0 atom stereocenters. The Morgan fingerprint density at radius 1 is 1.00 bits per heavy atom. The first-order valence-electron chi connectivity index (χ1n) is 6.64. The van der Waals surface area contributed by atoms with Crippen LogP contribution in [-0.4, -0.2) is 20.1 Å². The summed E-state index contributed by atoms with van der Waals surface area (Å²) in [6.07, 6.45) is 0. The molecule has 0 heterocycles. The van der Waals surface area contributed by atoms with Crippen LogP contribution in [0.3, 0.4) is 0 Å². The first-order chi connectivity index (χ1) is 11.2. The minimum absolute atomic E-state index is 0.242. The molecule has 1 N–H and O–H groups in total. The molecule has 0 fully saturated rings. The van der Waals surface area contributed by atoms with Crippen LogP contribution in [0.25, 0.3) is 0 Å². The average Bonchev–Trinajstić information content (AvgIpc) is 2.52. The molecular formula is C15H11F4NO3S. The molecule has 24 heavy (non-hydrogen) atoms. The zero-order valence-electron chi connectivity index (χ0n) is 12.2. The van der Waals surface area contributed by atoms with Gasteiger partial charge in [-0.15, -0.1) is 0 Å². The standard InChI is InChI=1S/C15H11F4NO3S/c1-2-24(22,23)13-5-8(3-4-10(13)16)15(21)20-9-6-11(17)14(19)12(18)7-9/h3-7H,2H2,1H3,(H,20,21).